The van der Waals surface area contributed by atoms with Gasteiger partial charge in [0.05, 0.1) is 18.1 Å². The van der Waals surface area contributed by atoms with Crippen molar-refractivity contribution in [2.45, 2.75) is 76.9 Å². The predicted molar refractivity (Wildman–Crippen MR) is 155 cm³/mol. The largest absolute Gasteiger partial charge is 0.461 e. The fourth-order valence-corrected chi connectivity index (χ4v) is 8.51. The first-order valence-electron chi connectivity index (χ1n) is 13.8. The van der Waals surface area contributed by atoms with E-state index >= 15 is 0 Å². The van der Waals surface area contributed by atoms with E-state index in [1.165, 1.54) is 18.0 Å². The molecule has 3 aliphatic rings. The molecule has 3 aliphatic carbocycles. The lowest BCUT2D eigenvalue weighted by Gasteiger charge is -2.61. The molecule has 9 heteroatoms. The van der Waals surface area contributed by atoms with Crippen LogP contribution in [0.5, 0.6) is 0 Å². The van der Waals surface area contributed by atoms with Gasteiger partial charge in [-0.05, 0) is 49.0 Å². The highest BCUT2D eigenvalue weighted by Crippen LogP contribution is 2.68. The van der Waals surface area contributed by atoms with E-state index in [9.17, 15) is 14.7 Å². The number of ketones is 1. The van der Waals surface area contributed by atoms with Gasteiger partial charge in [-0.3, -0.25) is 9.59 Å². The van der Waals surface area contributed by atoms with Crippen LogP contribution < -0.4 is 11.5 Å². The van der Waals surface area contributed by atoms with E-state index in [2.05, 4.69) is 37.6 Å². The molecule has 0 aromatic heterocycles. The zero-order valence-electron chi connectivity index (χ0n) is 23.4. The Bertz CT molecular complexity index is 1180. The van der Waals surface area contributed by atoms with Crippen molar-refractivity contribution in [3.63, 3.8) is 0 Å². The van der Waals surface area contributed by atoms with Crippen molar-refractivity contribution in [3.8, 4) is 0 Å². The quantitative estimate of drug-likeness (QED) is 0.114. The van der Waals surface area contributed by atoms with E-state index in [-0.39, 0.29) is 46.6 Å². The molecule has 3 saturated carbocycles. The van der Waals surface area contributed by atoms with Crippen LogP contribution in [0.15, 0.2) is 52.0 Å². The Balaban J connectivity index is 1.63. The summed E-state index contributed by atoms with van der Waals surface area (Å²) in [5.74, 6) is -0.284. The van der Waals surface area contributed by atoms with Crippen LogP contribution in [0, 0.1) is 34.0 Å². The second kappa shape index (κ2) is 11.1. The molecule has 0 spiro atoms. The number of ether oxygens (including phenoxy) is 1. The molecule has 0 amide bonds. The highest BCUT2D eigenvalue weighted by atomic mass is 32.2. The molecule has 3 fully saturated rings. The van der Waals surface area contributed by atoms with E-state index in [4.69, 9.17) is 16.2 Å². The normalized spacial score (nSPS) is 38.0. The van der Waals surface area contributed by atoms with Gasteiger partial charge in [-0.1, -0.05) is 52.0 Å². The molecular formula is C30H42N4O4S. The third kappa shape index (κ3) is 5.15. The number of hydrogen-bond donors (Lipinski definition) is 3. The lowest BCUT2D eigenvalue weighted by Crippen LogP contribution is -2.63. The summed E-state index contributed by atoms with van der Waals surface area (Å²) in [6, 6.07) is 7.51. The molecule has 0 saturated heterocycles. The van der Waals surface area contributed by atoms with Gasteiger partial charge in [0.15, 0.2) is 0 Å². The minimum absolute atomic E-state index is 0.0619. The maximum atomic E-state index is 13.5. The van der Waals surface area contributed by atoms with Crippen molar-refractivity contribution in [1.82, 2.24) is 0 Å². The van der Waals surface area contributed by atoms with Crippen LogP contribution in [0.25, 0.3) is 0 Å². The second-order valence-corrected chi connectivity index (χ2v) is 13.2. The highest BCUT2D eigenvalue weighted by molar-refractivity contribution is 8.00. The molecule has 3 unspecified atom stereocenters. The van der Waals surface area contributed by atoms with Crippen LogP contribution in [-0.4, -0.2) is 47.0 Å². The van der Waals surface area contributed by atoms with Gasteiger partial charge in [0, 0.05) is 33.6 Å². The maximum absolute atomic E-state index is 13.5. The summed E-state index contributed by atoms with van der Waals surface area (Å²) >= 11 is 1.35. The van der Waals surface area contributed by atoms with Gasteiger partial charge in [0.2, 0.25) is 5.96 Å². The molecule has 0 heterocycles. The zero-order valence-corrected chi connectivity index (χ0v) is 24.2. The average molecular weight is 555 g/mol. The number of guanidine groups is 1. The first-order chi connectivity index (χ1) is 18.4. The summed E-state index contributed by atoms with van der Waals surface area (Å²) in [7, 11) is 0. The molecule has 1 aromatic rings. The van der Waals surface area contributed by atoms with E-state index in [1.807, 2.05) is 37.3 Å². The Hall–Kier alpha value is -2.65. The fourth-order valence-electron chi connectivity index (χ4n) is 7.71. The van der Waals surface area contributed by atoms with Crippen LogP contribution in [0.1, 0.15) is 65.4 Å². The van der Waals surface area contributed by atoms with Gasteiger partial charge in [0.1, 0.15) is 11.9 Å². The van der Waals surface area contributed by atoms with Gasteiger partial charge in [0.25, 0.3) is 0 Å². The molecule has 5 N–H and O–H groups in total. The standard InChI is InChI=1S/C30H42N4O4S/c1-6-28(4)15-23(38-24(36)17-39-22-10-8-7-9-20(22)16-33-34-27(31)32)29(5)18(2)11-13-30(19(3)26(28)37)14-12-21(35)25(29)30/h6-10,16,18-19,23,25-26,37H,1,11-15,17H2,2-5H3,(H4,31,32,34)/b33-16-/t18?,19-,23+,25?,26-,28+,29-,30?/m0/s1. The molecule has 0 aliphatic heterocycles. The predicted octanol–water partition coefficient (Wildman–Crippen LogP) is 4.29. The van der Waals surface area contributed by atoms with E-state index < -0.39 is 23.0 Å². The van der Waals surface area contributed by atoms with Crippen LogP contribution in [0.4, 0.5) is 0 Å². The second-order valence-electron chi connectivity index (χ2n) is 12.2. The summed E-state index contributed by atoms with van der Waals surface area (Å²) in [5, 5.41) is 19.2. The van der Waals surface area contributed by atoms with E-state index in [1.54, 1.807) is 0 Å². The van der Waals surface area contributed by atoms with Crippen LogP contribution >= 0.6 is 11.8 Å². The number of nitrogens with zero attached hydrogens (tertiary/aromatic N) is 2. The number of benzene rings is 1. The van der Waals surface area contributed by atoms with Crippen molar-refractivity contribution in [2.75, 3.05) is 5.75 Å². The van der Waals surface area contributed by atoms with Crippen molar-refractivity contribution >= 4 is 35.7 Å². The van der Waals surface area contributed by atoms with Crippen LogP contribution in [0.2, 0.25) is 0 Å². The zero-order chi connectivity index (χ0) is 28.6. The number of hydrogen-bond acceptors (Lipinski definition) is 7. The van der Waals surface area contributed by atoms with Gasteiger partial charge in [-0.2, -0.15) is 5.10 Å². The fraction of sp³-hybridized carbons (Fsp3) is 0.600. The van der Waals surface area contributed by atoms with Crippen molar-refractivity contribution < 1.29 is 19.4 Å². The van der Waals surface area contributed by atoms with Crippen molar-refractivity contribution in [2.24, 2.45) is 55.7 Å². The van der Waals surface area contributed by atoms with Gasteiger partial charge in [-0.25, -0.2) is 0 Å². The topological polar surface area (TPSA) is 140 Å². The minimum Gasteiger partial charge on any atom is -0.461 e. The molecule has 212 valence electrons. The minimum atomic E-state index is -0.687. The average Bonchev–Trinajstić information content (AvgIpc) is 3.26. The van der Waals surface area contributed by atoms with Crippen LogP contribution in [-0.2, 0) is 14.3 Å². The molecule has 2 bridgehead atoms. The monoisotopic (exact) mass is 554 g/mol. The Kier molecular flexibility index (Phi) is 8.34. The Morgan fingerprint density at radius 2 is 1.97 bits per heavy atom. The maximum Gasteiger partial charge on any atom is 0.316 e. The number of Topliss-reactive ketones (excluding diaryl/α,β-unsaturated/α-hetero) is 1. The lowest BCUT2D eigenvalue weighted by molar-refractivity contribution is -0.205. The highest BCUT2D eigenvalue weighted by Gasteiger charge is 2.68. The summed E-state index contributed by atoms with van der Waals surface area (Å²) < 4.78 is 6.33. The third-order valence-electron chi connectivity index (χ3n) is 10.2. The number of nitrogens with two attached hydrogens (primary N) is 2. The molecule has 39 heavy (non-hydrogen) atoms. The summed E-state index contributed by atoms with van der Waals surface area (Å²) in [4.78, 5) is 27.8. The number of carbonyl (C=O) groups excluding carboxylic acids is 2. The number of aliphatic hydroxyl groups is 1. The Morgan fingerprint density at radius 1 is 1.26 bits per heavy atom. The molecule has 1 aromatic carbocycles. The van der Waals surface area contributed by atoms with E-state index in [0.717, 1.165) is 29.7 Å². The summed E-state index contributed by atoms with van der Waals surface area (Å²) in [6.07, 6.45) is 5.69. The number of aliphatic hydroxyl groups excluding tert-OH is 1. The van der Waals surface area contributed by atoms with Gasteiger partial charge < -0.3 is 21.3 Å². The van der Waals surface area contributed by atoms with E-state index in [0.29, 0.717) is 12.8 Å². The molecule has 8 nitrogen and oxygen atoms in total. The summed E-state index contributed by atoms with van der Waals surface area (Å²) in [6.45, 7) is 12.5. The number of rotatable bonds is 7. The first-order valence-corrected chi connectivity index (χ1v) is 14.7. The number of thioether (sulfide) groups is 1. The van der Waals surface area contributed by atoms with Crippen molar-refractivity contribution in [3.05, 3.63) is 42.5 Å². The van der Waals surface area contributed by atoms with Crippen molar-refractivity contribution in [1.29, 1.82) is 0 Å². The Labute approximate surface area is 235 Å². The smallest absolute Gasteiger partial charge is 0.316 e. The Morgan fingerprint density at radius 3 is 2.67 bits per heavy atom. The molecule has 0 radical (unpaired) electrons. The first kappa shape index (κ1) is 29.3. The van der Waals surface area contributed by atoms with Crippen LogP contribution in [0.3, 0.4) is 0 Å². The van der Waals surface area contributed by atoms with Gasteiger partial charge >= 0.3 is 5.97 Å². The summed E-state index contributed by atoms with van der Waals surface area (Å²) in [5.41, 5.74) is 9.99. The molecule has 4 rings (SSSR count). The number of carbonyl (C=O) groups is 2. The molecule has 8 atom stereocenters. The SMILES string of the molecule is C=C[C@]1(C)C[C@@H](OC(=O)CSc2ccccc2/C=N\N=C(N)N)[C@]2(C)C(C)CCC3(CCC(=O)C32)[C@@H](C)[C@@H]1O. The lowest BCUT2D eigenvalue weighted by atomic mass is 9.44. The molecular weight excluding hydrogens is 512 g/mol. The van der Waals surface area contributed by atoms with Gasteiger partial charge in [-0.15, -0.1) is 23.4 Å². The third-order valence-corrected chi connectivity index (χ3v) is 11.3. The number of esters is 1.